The highest BCUT2D eigenvalue weighted by Crippen LogP contribution is 2.45. The Hall–Kier alpha value is -1.38. The van der Waals surface area contributed by atoms with Crippen LogP contribution in [-0.4, -0.2) is 18.8 Å². The van der Waals surface area contributed by atoms with Crippen molar-refractivity contribution in [2.24, 2.45) is 22.7 Å². The van der Waals surface area contributed by atoms with Gasteiger partial charge in [0.05, 0.1) is 7.11 Å². The van der Waals surface area contributed by atoms with Gasteiger partial charge in [0.15, 0.2) is 0 Å². The van der Waals surface area contributed by atoms with Crippen LogP contribution in [0.4, 0.5) is 0 Å². The van der Waals surface area contributed by atoms with Gasteiger partial charge in [-0.25, -0.2) is 0 Å². The van der Waals surface area contributed by atoms with Crippen molar-refractivity contribution in [3.63, 3.8) is 0 Å². The number of nitrogens with zero attached hydrogens (tertiary/aromatic N) is 1. The first-order chi connectivity index (χ1) is 13.3. The second-order valence-electron chi connectivity index (χ2n) is 9.05. The van der Waals surface area contributed by atoms with E-state index in [1.165, 1.54) is 77.0 Å². The fraction of sp³-hybridized carbons (Fsp3) is 0.750. The molecule has 0 radical (unpaired) electrons. The summed E-state index contributed by atoms with van der Waals surface area (Å²) in [5.74, 6) is 1.83. The first-order valence-electron chi connectivity index (χ1n) is 11.3. The maximum atomic E-state index is 11.8. The lowest BCUT2D eigenvalue weighted by Gasteiger charge is -2.24. The van der Waals surface area contributed by atoms with Crippen molar-refractivity contribution >= 4 is 11.7 Å². The molecule has 3 heteroatoms. The summed E-state index contributed by atoms with van der Waals surface area (Å²) in [4.78, 5) is 17.0. The third-order valence-corrected chi connectivity index (χ3v) is 7.26. The lowest BCUT2D eigenvalue weighted by molar-refractivity contribution is -0.140. The summed E-state index contributed by atoms with van der Waals surface area (Å²) in [5.41, 5.74) is 6.22. The van der Waals surface area contributed by atoms with Gasteiger partial charge in [0, 0.05) is 24.3 Å². The number of carbonyl (C=O) groups is 1. The number of rotatable bonds is 6. The van der Waals surface area contributed by atoms with Crippen molar-refractivity contribution in [3.05, 3.63) is 22.9 Å². The maximum Gasteiger partial charge on any atom is 0.305 e. The molecule has 1 aliphatic heterocycles. The van der Waals surface area contributed by atoms with Gasteiger partial charge >= 0.3 is 5.97 Å². The molecule has 0 spiro atoms. The van der Waals surface area contributed by atoms with E-state index in [-0.39, 0.29) is 5.97 Å². The van der Waals surface area contributed by atoms with Gasteiger partial charge in [0.2, 0.25) is 0 Å². The molecule has 1 atom stereocenters. The predicted molar refractivity (Wildman–Crippen MR) is 110 cm³/mol. The van der Waals surface area contributed by atoms with Crippen LogP contribution in [0.5, 0.6) is 0 Å². The van der Waals surface area contributed by atoms with Crippen LogP contribution in [0.3, 0.4) is 0 Å². The Balaban J connectivity index is 1.59. The van der Waals surface area contributed by atoms with Gasteiger partial charge in [-0.2, -0.15) is 0 Å². The molecular formula is C24H35NO2. The molecule has 148 valence electrons. The zero-order valence-corrected chi connectivity index (χ0v) is 17.0. The molecular weight excluding hydrogens is 334 g/mol. The summed E-state index contributed by atoms with van der Waals surface area (Å²) in [6.45, 7) is 0. The standard InChI is InChI=1S/C24H35NO2/c1-27-22(26)15-14-20-12-13-21(17-6-2-3-7-17)16-25-24(20)23(19-10-11-19)18-8-4-5-9-18/h16-18,20H,2-15H2,1H3. The molecule has 1 unspecified atom stereocenters. The minimum atomic E-state index is -0.0796. The number of allylic oxidation sites excluding steroid dienone is 3. The van der Waals surface area contributed by atoms with E-state index in [9.17, 15) is 4.79 Å². The molecule has 0 aromatic rings. The highest BCUT2D eigenvalue weighted by atomic mass is 16.5. The Morgan fingerprint density at radius 2 is 1.74 bits per heavy atom. The van der Waals surface area contributed by atoms with E-state index in [4.69, 9.17) is 9.73 Å². The Labute approximate surface area is 164 Å². The van der Waals surface area contributed by atoms with Crippen LogP contribution in [0.2, 0.25) is 0 Å². The minimum Gasteiger partial charge on any atom is -0.469 e. The third-order valence-electron chi connectivity index (χ3n) is 7.26. The third kappa shape index (κ3) is 4.55. The molecule has 0 aromatic carbocycles. The van der Waals surface area contributed by atoms with Crippen LogP contribution in [-0.2, 0) is 9.53 Å². The second kappa shape index (κ2) is 8.75. The zero-order chi connectivity index (χ0) is 18.6. The smallest absolute Gasteiger partial charge is 0.305 e. The molecule has 3 fully saturated rings. The molecule has 4 aliphatic rings. The van der Waals surface area contributed by atoms with Crippen LogP contribution < -0.4 is 0 Å². The van der Waals surface area contributed by atoms with E-state index >= 15 is 0 Å². The van der Waals surface area contributed by atoms with Gasteiger partial charge in [0.1, 0.15) is 0 Å². The van der Waals surface area contributed by atoms with Crippen LogP contribution in [0.15, 0.2) is 27.9 Å². The molecule has 0 amide bonds. The number of methoxy groups -OCH3 is 1. The molecule has 3 aliphatic carbocycles. The second-order valence-corrected chi connectivity index (χ2v) is 9.05. The maximum absolute atomic E-state index is 11.8. The summed E-state index contributed by atoms with van der Waals surface area (Å²) >= 11 is 0. The fourth-order valence-electron chi connectivity index (χ4n) is 5.60. The number of aliphatic imine (C=N–C) groups is 1. The average Bonchev–Trinajstić information content (AvgIpc) is 3.17. The van der Waals surface area contributed by atoms with Crippen LogP contribution >= 0.6 is 0 Å². The normalized spacial score (nSPS) is 26.6. The highest BCUT2D eigenvalue weighted by Gasteiger charge is 2.34. The van der Waals surface area contributed by atoms with E-state index in [1.54, 1.807) is 16.7 Å². The predicted octanol–water partition coefficient (Wildman–Crippen LogP) is 6.15. The molecule has 0 bridgehead atoms. The van der Waals surface area contributed by atoms with Gasteiger partial charge in [-0.3, -0.25) is 9.79 Å². The minimum absolute atomic E-state index is 0.0796. The Morgan fingerprint density at radius 1 is 1.04 bits per heavy atom. The van der Waals surface area contributed by atoms with Crippen molar-refractivity contribution in [3.8, 4) is 0 Å². The summed E-state index contributed by atoms with van der Waals surface area (Å²) in [6, 6.07) is 0. The molecule has 3 nitrogen and oxygen atoms in total. The lowest BCUT2D eigenvalue weighted by Crippen LogP contribution is -2.22. The van der Waals surface area contributed by atoms with Crippen molar-refractivity contribution < 1.29 is 9.53 Å². The molecule has 3 saturated carbocycles. The lowest BCUT2D eigenvalue weighted by atomic mass is 9.81. The first-order valence-corrected chi connectivity index (χ1v) is 11.3. The summed E-state index contributed by atoms with van der Waals surface area (Å²) in [6.07, 6.45) is 19.4. The van der Waals surface area contributed by atoms with Crippen LogP contribution in [0.1, 0.15) is 89.9 Å². The van der Waals surface area contributed by atoms with Gasteiger partial charge in [-0.05, 0) is 80.8 Å². The van der Waals surface area contributed by atoms with Crippen molar-refractivity contribution in [1.82, 2.24) is 0 Å². The van der Waals surface area contributed by atoms with Gasteiger partial charge in [0.25, 0.3) is 0 Å². The first kappa shape index (κ1) is 19.0. The molecule has 0 aromatic heterocycles. The number of hydrogen-bond acceptors (Lipinski definition) is 3. The van der Waals surface area contributed by atoms with Crippen molar-refractivity contribution in [2.45, 2.75) is 89.9 Å². The van der Waals surface area contributed by atoms with Crippen LogP contribution in [0.25, 0.3) is 0 Å². The molecule has 27 heavy (non-hydrogen) atoms. The van der Waals surface area contributed by atoms with Crippen LogP contribution in [0, 0.1) is 17.8 Å². The van der Waals surface area contributed by atoms with Gasteiger partial charge < -0.3 is 4.74 Å². The Kier molecular flexibility index (Phi) is 6.14. The van der Waals surface area contributed by atoms with Gasteiger partial charge in [-0.1, -0.05) is 31.3 Å². The number of ether oxygens (including phenoxy) is 1. The monoisotopic (exact) mass is 369 g/mol. The molecule has 4 rings (SSSR count). The summed E-state index contributed by atoms with van der Waals surface area (Å²) in [5, 5.41) is 0. The largest absolute Gasteiger partial charge is 0.469 e. The zero-order valence-electron chi connectivity index (χ0n) is 17.0. The highest BCUT2D eigenvalue weighted by molar-refractivity contribution is 6.04. The number of carbonyl (C=O) groups excluding carboxylic acids is 1. The quantitative estimate of drug-likeness (QED) is 0.527. The number of hydrogen-bond donors (Lipinski definition) is 0. The topological polar surface area (TPSA) is 38.7 Å². The van der Waals surface area contributed by atoms with E-state index in [2.05, 4.69) is 6.20 Å². The van der Waals surface area contributed by atoms with Gasteiger partial charge in [-0.15, -0.1) is 0 Å². The van der Waals surface area contributed by atoms with Crippen molar-refractivity contribution in [2.75, 3.05) is 7.11 Å². The fourth-order valence-corrected chi connectivity index (χ4v) is 5.60. The summed E-state index contributed by atoms with van der Waals surface area (Å²) in [7, 11) is 1.50. The van der Waals surface area contributed by atoms with E-state index in [0.717, 1.165) is 31.1 Å². The van der Waals surface area contributed by atoms with E-state index in [1.807, 2.05) is 0 Å². The van der Waals surface area contributed by atoms with Crippen molar-refractivity contribution in [1.29, 1.82) is 0 Å². The molecule has 0 N–H and O–H groups in total. The van der Waals surface area contributed by atoms with E-state index < -0.39 is 0 Å². The van der Waals surface area contributed by atoms with E-state index in [0.29, 0.717) is 12.3 Å². The summed E-state index contributed by atoms with van der Waals surface area (Å²) < 4.78 is 4.93. The molecule has 1 heterocycles. The Morgan fingerprint density at radius 3 is 2.41 bits per heavy atom. The number of esters is 1. The SMILES string of the molecule is COC(=O)CCC1CCC(C2CCCC2)=CN=C1C(=C1CC1)C1CCCC1. The Bertz CT molecular complexity index is 639. The average molecular weight is 370 g/mol. The molecule has 0 saturated heterocycles.